The van der Waals surface area contributed by atoms with Crippen LogP contribution in [-0.2, 0) is 29.8 Å². The van der Waals surface area contributed by atoms with Crippen LogP contribution in [0.4, 0.5) is 0 Å². The summed E-state index contributed by atoms with van der Waals surface area (Å²) in [5.74, 6) is -2.71. The van der Waals surface area contributed by atoms with Gasteiger partial charge in [0, 0.05) is 11.5 Å². The van der Waals surface area contributed by atoms with Crippen molar-refractivity contribution < 1.29 is 105 Å². The molecule has 0 saturated carbocycles. The van der Waals surface area contributed by atoms with Crippen molar-refractivity contribution >= 4 is 32.2 Å². The summed E-state index contributed by atoms with van der Waals surface area (Å²) in [5.41, 5.74) is 0. The molecular weight excluding hydrogens is 706 g/mol. The van der Waals surface area contributed by atoms with E-state index in [1.54, 1.807) is 9.80 Å². The summed E-state index contributed by atoms with van der Waals surface area (Å²) in [6, 6.07) is 0. The Balaban J connectivity index is -0.000000407. The Labute approximate surface area is 349 Å². The minimum atomic E-state index is -4.22. The first kappa shape index (κ1) is 57.4. The molecule has 0 aliphatic rings. The summed E-state index contributed by atoms with van der Waals surface area (Å²) < 4.78 is 63.5. The zero-order chi connectivity index (χ0) is 36.5. The van der Waals surface area contributed by atoms with Gasteiger partial charge in [-0.2, -0.15) is 0 Å². The maximum Gasteiger partial charge on any atom is 1.00 e. The first-order valence-corrected chi connectivity index (χ1v) is 21.6. The summed E-state index contributed by atoms with van der Waals surface area (Å²) in [6.45, 7) is 6.19. The van der Waals surface area contributed by atoms with Gasteiger partial charge in [0.1, 0.15) is 0 Å². The van der Waals surface area contributed by atoms with E-state index in [2.05, 4.69) is 13.8 Å². The van der Waals surface area contributed by atoms with E-state index in [1.807, 2.05) is 0 Å². The Morgan fingerprint density at radius 3 is 0.880 bits per heavy atom. The van der Waals surface area contributed by atoms with Crippen molar-refractivity contribution in [2.45, 2.75) is 155 Å². The molecule has 12 nitrogen and oxygen atoms in total. The summed E-state index contributed by atoms with van der Waals surface area (Å²) in [5, 5.41) is 17.8. The van der Waals surface area contributed by atoms with Gasteiger partial charge >= 0.3 is 71.1 Å². The van der Waals surface area contributed by atoms with E-state index in [0.29, 0.717) is 26.2 Å². The SMILES string of the molecule is CCCCCCCCCCCCN(CCCS(=O)(=O)[O-])CC(=O)O.CCCCCCCCCCCCN(CCCS(=O)(=O)[O-])CC(=O)O.[Na+].[Na+]. The third kappa shape index (κ3) is 50.8. The molecule has 0 aromatic carbocycles. The fourth-order valence-corrected chi connectivity index (χ4v) is 6.46. The van der Waals surface area contributed by atoms with Gasteiger partial charge in [0.25, 0.3) is 0 Å². The maximum absolute atomic E-state index is 10.8. The molecule has 0 aromatic heterocycles. The Kier molecular flexibility index (Phi) is 45.2. The second kappa shape index (κ2) is 39.4. The molecule has 0 rings (SSSR count). The quantitative estimate of drug-likeness (QED) is 0.0522. The van der Waals surface area contributed by atoms with Crippen LogP contribution in [0.25, 0.3) is 0 Å². The minimum Gasteiger partial charge on any atom is -0.748 e. The van der Waals surface area contributed by atoms with Crippen molar-refractivity contribution in [3.05, 3.63) is 0 Å². The molecule has 0 atom stereocenters. The van der Waals surface area contributed by atoms with Gasteiger partial charge in [-0.1, -0.05) is 129 Å². The topological polar surface area (TPSA) is 195 Å². The number of hydrogen-bond acceptors (Lipinski definition) is 10. The molecule has 0 fully saturated rings. The van der Waals surface area contributed by atoms with Gasteiger partial charge in [-0.3, -0.25) is 19.4 Å². The Bertz CT molecular complexity index is 913. The molecule has 0 heterocycles. The van der Waals surface area contributed by atoms with E-state index in [9.17, 15) is 35.5 Å². The zero-order valence-corrected chi connectivity index (χ0v) is 37.7. The van der Waals surface area contributed by atoms with E-state index in [0.717, 1.165) is 38.5 Å². The van der Waals surface area contributed by atoms with Crippen molar-refractivity contribution in [2.24, 2.45) is 0 Å². The molecule has 0 amide bonds. The van der Waals surface area contributed by atoms with Crippen molar-refractivity contribution in [3.63, 3.8) is 0 Å². The van der Waals surface area contributed by atoms with Crippen LogP contribution in [0.1, 0.15) is 155 Å². The Morgan fingerprint density at radius 2 is 0.660 bits per heavy atom. The number of nitrogens with zero attached hydrogens (tertiary/aromatic N) is 2. The standard InChI is InChI=1S/2C17H35NO5S.2Na/c2*1-2-3-4-5-6-7-8-9-10-11-13-18(16-17(19)20)14-12-15-24(21,22)23;;/h2*2-16H2,1H3,(H,19,20)(H,21,22,23);;/q;;2*+1/p-2. The Hall–Kier alpha value is 0.680. The number of aliphatic carboxylic acids is 2. The molecule has 0 radical (unpaired) electrons. The number of rotatable bonds is 34. The predicted octanol–water partition coefficient (Wildman–Crippen LogP) is 0.466. The van der Waals surface area contributed by atoms with Crippen LogP contribution in [-0.4, -0.2) is 109 Å². The van der Waals surface area contributed by atoms with E-state index < -0.39 is 43.7 Å². The molecule has 0 unspecified atom stereocenters. The smallest absolute Gasteiger partial charge is 0.748 e. The molecular formula is C34H68N2Na2O10S2. The van der Waals surface area contributed by atoms with Crippen molar-refractivity contribution in [3.8, 4) is 0 Å². The predicted molar refractivity (Wildman–Crippen MR) is 190 cm³/mol. The molecule has 0 aromatic rings. The number of carboxylic acid groups (broad SMARTS) is 2. The van der Waals surface area contributed by atoms with Crippen molar-refractivity contribution in [1.29, 1.82) is 0 Å². The number of hydrogen-bond donors (Lipinski definition) is 2. The van der Waals surface area contributed by atoms with Gasteiger partial charge in [0.05, 0.1) is 33.3 Å². The number of unbranched alkanes of at least 4 members (excludes halogenated alkanes) is 18. The fourth-order valence-electron chi connectivity index (χ4n) is 5.50. The van der Waals surface area contributed by atoms with Gasteiger partial charge in [0.15, 0.2) is 0 Å². The number of carboxylic acids is 2. The summed E-state index contributed by atoms with van der Waals surface area (Å²) in [7, 11) is -8.43. The third-order valence-corrected chi connectivity index (χ3v) is 9.69. The fraction of sp³-hybridized carbons (Fsp3) is 0.941. The van der Waals surface area contributed by atoms with Gasteiger partial charge < -0.3 is 19.3 Å². The molecule has 0 spiro atoms. The molecule has 288 valence electrons. The first-order chi connectivity index (χ1) is 22.7. The van der Waals surface area contributed by atoms with Gasteiger partial charge in [-0.05, 0) is 51.9 Å². The van der Waals surface area contributed by atoms with Crippen LogP contribution in [0.5, 0.6) is 0 Å². The third-order valence-electron chi connectivity index (χ3n) is 8.11. The first-order valence-electron chi connectivity index (χ1n) is 18.5. The van der Waals surface area contributed by atoms with Crippen LogP contribution in [0, 0.1) is 0 Å². The molecule has 0 aliphatic heterocycles. The van der Waals surface area contributed by atoms with Crippen LogP contribution in [0.3, 0.4) is 0 Å². The summed E-state index contributed by atoms with van der Waals surface area (Å²) >= 11 is 0. The van der Waals surface area contributed by atoms with E-state index in [1.165, 1.54) is 89.9 Å². The largest absolute Gasteiger partial charge is 1.00 e. The number of carbonyl (C=O) groups is 2. The van der Waals surface area contributed by atoms with Crippen LogP contribution >= 0.6 is 0 Å². The average molecular weight is 775 g/mol. The van der Waals surface area contributed by atoms with E-state index >= 15 is 0 Å². The molecule has 0 aliphatic carbocycles. The minimum absolute atomic E-state index is 0. The van der Waals surface area contributed by atoms with Gasteiger partial charge in [-0.15, -0.1) is 0 Å². The van der Waals surface area contributed by atoms with Crippen LogP contribution in [0.2, 0.25) is 0 Å². The zero-order valence-electron chi connectivity index (χ0n) is 32.1. The average Bonchev–Trinajstić information content (AvgIpc) is 2.97. The van der Waals surface area contributed by atoms with Gasteiger partial charge in [0.2, 0.25) is 0 Å². The second-order valence-electron chi connectivity index (χ2n) is 12.9. The van der Waals surface area contributed by atoms with E-state index in [4.69, 9.17) is 10.2 Å². The molecule has 16 heteroatoms. The summed E-state index contributed by atoms with van der Waals surface area (Å²) in [6.07, 6.45) is 24.7. The molecule has 50 heavy (non-hydrogen) atoms. The summed E-state index contributed by atoms with van der Waals surface area (Å²) in [4.78, 5) is 25.1. The van der Waals surface area contributed by atoms with Crippen molar-refractivity contribution in [1.82, 2.24) is 9.80 Å². The normalized spacial score (nSPS) is 11.5. The molecule has 0 bridgehead atoms. The Morgan fingerprint density at radius 1 is 0.440 bits per heavy atom. The second-order valence-corrected chi connectivity index (χ2v) is 16.0. The van der Waals surface area contributed by atoms with Gasteiger partial charge in [-0.25, -0.2) is 16.8 Å². The molecule has 2 N–H and O–H groups in total. The molecule has 0 saturated heterocycles. The van der Waals surface area contributed by atoms with Crippen LogP contribution < -0.4 is 59.1 Å². The monoisotopic (exact) mass is 774 g/mol. The van der Waals surface area contributed by atoms with E-state index in [-0.39, 0.29) is 85.0 Å². The van der Waals surface area contributed by atoms with Crippen LogP contribution in [0.15, 0.2) is 0 Å². The van der Waals surface area contributed by atoms with Crippen molar-refractivity contribution in [2.75, 3.05) is 50.8 Å². The maximum atomic E-state index is 10.8.